The van der Waals surface area contributed by atoms with Crippen LogP contribution in [0.2, 0.25) is 0 Å². The quantitative estimate of drug-likeness (QED) is 0.891. The number of benzene rings is 1. The highest BCUT2D eigenvalue weighted by Gasteiger charge is 2.21. The zero-order valence-corrected chi connectivity index (χ0v) is 13.1. The number of nitrogens with one attached hydrogen (secondary N) is 1. The van der Waals surface area contributed by atoms with Gasteiger partial charge in [0.2, 0.25) is 0 Å². The normalized spacial score (nSPS) is 19.2. The predicted octanol–water partition coefficient (Wildman–Crippen LogP) is 2.91. The Morgan fingerprint density at radius 2 is 1.95 bits per heavy atom. The molecule has 21 heavy (non-hydrogen) atoms. The van der Waals surface area contributed by atoms with E-state index in [9.17, 15) is 0 Å². The van der Waals surface area contributed by atoms with Gasteiger partial charge in [0.1, 0.15) is 0 Å². The van der Waals surface area contributed by atoms with Gasteiger partial charge < -0.3 is 10.6 Å². The molecule has 1 aromatic heterocycles. The lowest BCUT2D eigenvalue weighted by Gasteiger charge is -2.18. The van der Waals surface area contributed by atoms with Crippen LogP contribution in [0, 0.1) is 0 Å². The molecule has 0 spiro atoms. The Labute approximate surface area is 126 Å². The summed E-state index contributed by atoms with van der Waals surface area (Å²) in [5.41, 5.74) is 9.72. The van der Waals surface area contributed by atoms with Crippen LogP contribution in [-0.4, -0.2) is 29.3 Å². The second-order valence-electron chi connectivity index (χ2n) is 6.96. The summed E-state index contributed by atoms with van der Waals surface area (Å²) in [6.07, 6.45) is 1.04. The van der Waals surface area contributed by atoms with Crippen molar-refractivity contribution in [3.63, 3.8) is 0 Å². The van der Waals surface area contributed by atoms with Gasteiger partial charge in [0.25, 0.3) is 0 Å². The number of hydrogen-bond donors (Lipinski definition) is 2. The summed E-state index contributed by atoms with van der Waals surface area (Å²) >= 11 is 0. The van der Waals surface area contributed by atoms with Crippen molar-refractivity contribution in [2.24, 2.45) is 5.73 Å². The molecule has 1 atom stereocenters. The molecule has 1 aliphatic rings. The number of aromatic nitrogens is 2. The largest absolute Gasteiger partial charge is 0.354 e. The molecular formula is C17H24N4. The predicted molar refractivity (Wildman–Crippen MR) is 87.5 cm³/mol. The lowest BCUT2D eigenvalue weighted by molar-refractivity contribution is 0.590. The van der Waals surface area contributed by atoms with Gasteiger partial charge in [-0.15, -0.1) is 0 Å². The fourth-order valence-corrected chi connectivity index (χ4v) is 2.77. The third-order valence-electron chi connectivity index (χ3n) is 4.17. The van der Waals surface area contributed by atoms with E-state index in [1.54, 1.807) is 0 Å². The summed E-state index contributed by atoms with van der Waals surface area (Å²) in [5.74, 6) is 0.998. The molecule has 2 heterocycles. The van der Waals surface area contributed by atoms with E-state index in [0.29, 0.717) is 0 Å². The van der Waals surface area contributed by atoms with Crippen LogP contribution in [0.15, 0.2) is 30.3 Å². The van der Waals surface area contributed by atoms with Gasteiger partial charge in [0.15, 0.2) is 5.82 Å². The summed E-state index contributed by atoms with van der Waals surface area (Å²) in [6, 6.07) is 11.1. The van der Waals surface area contributed by atoms with Crippen LogP contribution in [0.5, 0.6) is 0 Å². The second-order valence-corrected chi connectivity index (χ2v) is 6.96. The van der Waals surface area contributed by atoms with Gasteiger partial charge in [0.05, 0.1) is 5.69 Å². The zero-order valence-electron chi connectivity index (χ0n) is 13.1. The lowest BCUT2D eigenvalue weighted by Crippen LogP contribution is -2.26. The molecule has 1 aliphatic heterocycles. The lowest BCUT2D eigenvalue weighted by atomic mass is 9.86. The van der Waals surface area contributed by atoms with Crippen molar-refractivity contribution >= 4 is 5.82 Å². The van der Waals surface area contributed by atoms with Crippen LogP contribution in [-0.2, 0) is 5.41 Å². The van der Waals surface area contributed by atoms with Gasteiger partial charge in [-0.1, -0.05) is 45.0 Å². The average Bonchev–Trinajstić information content (AvgIpc) is 3.06. The number of hydrogen-bond acceptors (Lipinski definition) is 3. The first kappa shape index (κ1) is 14.1. The smallest absolute Gasteiger partial charge is 0.151 e. The first-order valence-electron chi connectivity index (χ1n) is 7.60. The Morgan fingerprint density at radius 1 is 1.24 bits per heavy atom. The zero-order chi connectivity index (χ0) is 15.0. The van der Waals surface area contributed by atoms with Gasteiger partial charge in [-0.25, -0.2) is 0 Å². The fraction of sp³-hybridized carbons (Fsp3) is 0.471. The van der Waals surface area contributed by atoms with Crippen molar-refractivity contribution in [2.45, 2.75) is 38.6 Å². The number of aromatic amines is 1. The highest BCUT2D eigenvalue weighted by atomic mass is 15.3. The number of rotatable bonds is 2. The maximum Gasteiger partial charge on any atom is 0.151 e. The average molecular weight is 284 g/mol. The molecule has 0 bridgehead atoms. The van der Waals surface area contributed by atoms with Crippen molar-refractivity contribution in [1.29, 1.82) is 0 Å². The van der Waals surface area contributed by atoms with Gasteiger partial charge >= 0.3 is 0 Å². The fourth-order valence-electron chi connectivity index (χ4n) is 2.77. The molecule has 0 amide bonds. The molecule has 4 nitrogen and oxygen atoms in total. The molecule has 4 heteroatoms. The van der Waals surface area contributed by atoms with E-state index in [1.807, 2.05) is 0 Å². The first-order chi connectivity index (χ1) is 9.93. The molecule has 3 N–H and O–H groups in total. The maximum absolute atomic E-state index is 5.96. The molecule has 1 fully saturated rings. The van der Waals surface area contributed by atoms with Gasteiger partial charge in [-0.2, -0.15) is 5.10 Å². The number of nitrogens with zero attached hydrogens (tertiary/aromatic N) is 2. The molecule has 1 aromatic carbocycles. The summed E-state index contributed by atoms with van der Waals surface area (Å²) in [7, 11) is 0. The Bertz CT molecular complexity index is 606. The van der Waals surface area contributed by atoms with Crippen LogP contribution in [0.3, 0.4) is 0 Å². The molecule has 0 aliphatic carbocycles. The van der Waals surface area contributed by atoms with Crippen LogP contribution < -0.4 is 10.6 Å². The maximum atomic E-state index is 5.96. The van der Waals surface area contributed by atoms with Crippen LogP contribution >= 0.6 is 0 Å². The second kappa shape index (κ2) is 5.19. The Kier molecular flexibility index (Phi) is 3.49. The topological polar surface area (TPSA) is 57.9 Å². The highest BCUT2D eigenvalue weighted by Crippen LogP contribution is 2.27. The first-order valence-corrected chi connectivity index (χ1v) is 7.60. The molecule has 0 saturated carbocycles. The van der Waals surface area contributed by atoms with Gasteiger partial charge in [-0.05, 0) is 23.0 Å². The Hall–Kier alpha value is -1.81. The van der Waals surface area contributed by atoms with E-state index in [4.69, 9.17) is 5.73 Å². The third kappa shape index (κ3) is 2.95. The minimum absolute atomic E-state index is 0.184. The molecule has 0 radical (unpaired) electrons. The Morgan fingerprint density at radius 3 is 2.52 bits per heavy atom. The van der Waals surface area contributed by atoms with Gasteiger partial charge in [0, 0.05) is 25.2 Å². The molecular weight excluding hydrogens is 260 g/mol. The van der Waals surface area contributed by atoms with E-state index in [-0.39, 0.29) is 11.5 Å². The van der Waals surface area contributed by atoms with Crippen molar-refractivity contribution in [3.8, 4) is 11.3 Å². The van der Waals surface area contributed by atoms with E-state index in [2.05, 4.69) is 66.2 Å². The van der Waals surface area contributed by atoms with Gasteiger partial charge in [-0.3, -0.25) is 5.10 Å². The standard InChI is InChI=1S/C17H24N4/c1-17(2,3)13-6-4-12(5-7-13)15-10-16(20-19-15)21-9-8-14(18)11-21/h4-7,10,14H,8-9,11,18H2,1-3H3,(H,19,20). The summed E-state index contributed by atoms with van der Waals surface area (Å²) in [6.45, 7) is 8.58. The molecule has 1 saturated heterocycles. The molecule has 1 unspecified atom stereocenters. The third-order valence-corrected chi connectivity index (χ3v) is 4.17. The SMILES string of the molecule is CC(C)(C)c1ccc(-c2cc(N3CCC(N)C3)n[nH]2)cc1. The molecule has 112 valence electrons. The van der Waals surface area contributed by atoms with E-state index >= 15 is 0 Å². The number of anilines is 1. The monoisotopic (exact) mass is 284 g/mol. The van der Waals surface area contributed by atoms with E-state index < -0.39 is 0 Å². The van der Waals surface area contributed by atoms with Crippen molar-refractivity contribution < 1.29 is 0 Å². The summed E-state index contributed by atoms with van der Waals surface area (Å²) in [4.78, 5) is 2.24. The molecule has 3 rings (SSSR count). The highest BCUT2D eigenvalue weighted by molar-refractivity contribution is 5.63. The summed E-state index contributed by atoms with van der Waals surface area (Å²) < 4.78 is 0. The van der Waals surface area contributed by atoms with Crippen molar-refractivity contribution in [3.05, 3.63) is 35.9 Å². The van der Waals surface area contributed by atoms with E-state index in [0.717, 1.165) is 31.0 Å². The summed E-state index contributed by atoms with van der Waals surface area (Å²) in [5, 5.41) is 7.57. The van der Waals surface area contributed by atoms with Crippen molar-refractivity contribution in [2.75, 3.05) is 18.0 Å². The van der Waals surface area contributed by atoms with Crippen LogP contribution in [0.25, 0.3) is 11.3 Å². The van der Waals surface area contributed by atoms with Crippen molar-refractivity contribution in [1.82, 2.24) is 10.2 Å². The molecule has 2 aromatic rings. The van der Waals surface area contributed by atoms with Crippen LogP contribution in [0.4, 0.5) is 5.82 Å². The number of nitrogens with two attached hydrogens (primary N) is 1. The Balaban J connectivity index is 1.80. The van der Waals surface area contributed by atoms with Crippen LogP contribution in [0.1, 0.15) is 32.8 Å². The minimum Gasteiger partial charge on any atom is -0.354 e. The van der Waals surface area contributed by atoms with E-state index in [1.165, 1.54) is 11.1 Å². The minimum atomic E-state index is 0.184. The number of H-pyrrole nitrogens is 1.